The van der Waals surface area contributed by atoms with Crippen molar-refractivity contribution in [3.05, 3.63) is 48.0 Å². The van der Waals surface area contributed by atoms with Gasteiger partial charge in [-0.3, -0.25) is 4.79 Å². The molecule has 1 aliphatic rings. The molecule has 3 aromatic rings. The lowest BCUT2D eigenvalue weighted by Gasteiger charge is -2.28. The fraction of sp³-hybridized carbons (Fsp3) is 0.333. The first-order valence-electron chi connectivity index (χ1n) is 9.02. The van der Waals surface area contributed by atoms with Crippen LogP contribution in [0, 0.1) is 0 Å². The summed E-state index contributed by atoms with van der Waals surface area (Å²) in [4.78, 5) is 21.8. The molecular formula is C21H23N3O. The van der Waals surface area contributed by atoms with Crippen molar-refractivity contribution >= 4 is 22.5 Å². The summed E-state index contributed by atoms with van der Waals surface area (Å²) >= 11 is 0. The van der Waals surface area contributed by atoms with Crippen molar-refractivity contribution in [3.63, 3.8) is 0 Å². The number of hydrogen-bond donors (Lipinski definition) is 1. The highest BCUT2D eigenvalue weighted by molar-refractivity contribution is 5.83. The Labute approximate surface area is 147 Å². The number of ketones is 1. The fourth-order valence-corrected chi connectivity index (χ4v) is 3.57. The minimum Gasteiger partial charge on any atom is -0.372 e. The van der Waals surface area contributed by atoms with E-state index in [1.54, 1.807) is 6.92 Å². The van der Waals surface area contributed by atoms with E-state index >= 15 is 0 Å². The lowest BCUT2D eigenvalue weighted by molar-refractivity contribution is -0.116. The molecule has 1 aliphatic heterocycles. The molecule has 4 nitrogen and oxygen atoms in total. The smallest absolute Gasteiger partial charge is 0.138 e. The summed E-state index contributed by atoms with van der Waals surface area (Å²) in [5, 5.41) is 0. The van der Waals surface area contributed by atoms with Crippen LogP contribution in [0.4, 0.5) is 5.69 Å². The number of anilines is 1. The molecule has 1 saturated heterocycles. The number of H-pyrrole nitrogens is 1. The van der Waals surface area contributed by atoms with Gasteiger partial charge in [0.05, 0.1) is 11.0 Å². The van der Waals surface area contributed by atoms with Gasteiger partial charge in [0.25, 0.3) is 0 Å². The largest absolute Gasteiger partial charge is 0.372 e. The number of aromatic nitrogens is 2. The molecule has 4 rings (SSSR count). The van der Waals surface area contributed by atoms with E-state index in [1.807, 2.05) is 18.2 Å². The highest BCUT2D eigenvalue weighted by Crippen LogP contribution is 2.25. The van der Waals surface area contributed by atoms with E-state index in [4.69, 9.17) is 4.98 Å². The molecule has 1 N–H and O–H groups in total. The van der Waals surface area contributed by atoms with Crippen LogP contribution in [0.2, 0.25) is 0 Å². The first-order valence-corrected chi connectivity index (χ1v) is 9.02. The number of carbonyl (C=O) groups is 1. The summed E-state index contributed by atoms with van der Waals surface area (Å²) in [6.07, 6.45) is 4.38. The van der Waals surface area contributed by atoms with Crippen molar-refractivity contribution in [2.24, 2.45) is 0 Å². The van der Waals surface area contributed by atoms with Gasteiger partial charge in [0.1, 0.15) is 11.6 Å². The van der Waals surface area contributed by atoms with Gasteiger partial charge in [0.15, 0.2) is 0 Å². The fourth-order valence-electron chi connectivity index (χ4n) is 3.57. The van der Waals surface area contributed by atoms with Gasteiger partial charge in [-0.2, -0.15) is 0 Å². The van der Waals surface area contributed by atoms with Gasteiger partial charge in [-0.1, -0.05) is 6.07 Å². The Morgan fingerprint density at radius 2 is 1.84 bits per heavy atom. The van der Waals surface area contributed by atoms with Crippen molar-refractivity contribution in [1.29, 1.82) is 0 Å². The number of nitrogens with one attached hydrogen (secondary N) is 1. The number of hydrogen-bond acceptors (Lipinski definition) is 3. The minimum atomic E-state index is 0.174. The summed E-state index contributed by atoms with van der Waals surface area (Å²) in [6, 6.07) is 14.6. The van der Waals surface area contributed by atoms with Crippen molar-refractivity contribution < 1.29 is 4.79 Å². The molecule has 4 heteroatoms. The van der Waals surface area contributed by atoms with Crippen LogP contribution in [-0.4, -0.2) is 28.8 Å². The van der Waals surface area contributed by atoms with E-state index in [0.717, 1.165) is 41.1 Å². The van der Waals surface area contributed by atoms with Crippen LogP contribution in [-0.2, 0) is 11.2 Å². The number of aromatic amines is 1. The molecule has 25 heavy (non-hydrogen) atoms. The number of piperidine rings is 1. The van der Waals surface area contributed by atoms with E-state index in [1.165, 1.54) is 24.9 Å². The molecular weight excluding hydrogens is 310 g/mol. The number of nitrogens with zero attached hydrogens (tertiary/aromatic N) is 2. The number of imidazole rings is 1. The maximum Gasteiger partial charge on any atom is 0.138 e. The third-order valence-corrected chi connectivity index (χ3v) is 4.86. The van der Waals surface area contributed by atoms with E-state index < -0.39 is 0 Å². The Bertz CT molecular complexity index is 889. The lowest BCUT2D eigenvalue weighted by Crippen LogP contribution is -2.29. The molecule has 0 saturated carbocycles. The van der Waals surface area contributed by atoms with Crippen molar-refractivity contribution in [3.8, 4) is 11.4 Å². The summed E-state index contributed by atoms with van der Waals surface area (Å²) < 4.78 is 0. The van der Waals surface area contributed by atoms with Crippen LogP contribution in [0.15, 0.2) is 42.5 Å². The predicted molar refractivity (Wildman–Crippen MR) is 102 cm³/mol. The molecule has 0 bridgehead atoms. The van der Waals surface area contributed by atoms with E-state index in [-0.39, 0.29) is 5.78 Å². The molecule has 2 aromatic carbocycles. The summed E-state index contributed by atoms with van der Waals surface area (Å²) in [6.45, 7) is 3.93. The molecule has 128 valence electrons. The third kappa shape index (κ3) is 3.43. The Kier molecular flexibility index (Phi) is 4.26. The maximum absolute atomic E-state index is 11.3. The molecule has 0 aliphatic carbocycles. The zero-order chi connectivity index (χ0) is 17.2. The van der Waals surface area contributed by atoms with Crippen LogP contribution >= 0.6 is 0 Å². The normalized spacial score (nSPS) is 14.8. The van der Waals surface area contributed by atoms with Gasteiger partial charge in [-0.05, 0) is 68.1 Å². The molecule has 0 unspecified atom stereocenters. The first kappa shape index (κ1) is 15.9. The Morgan fingerprint density at radius 3 is 2.56 bits per heavy atom. The standard InChI is InChI=1S/C21H23N3O/c1-15(25)13-16-5-10-19-20(14-16)23-21(22-19)17-6-8-18(9-7-17)24-11-3-2-4-12-24/h5-10,14H,2-4,11-13H2,1H3,(H,22,23). The number of rotatable bonds is 4. The van der Waals surface area contributed by atoms with Gasteiger partial charge >= 0.3 is 0 Å². The van der Waals surface area contributed by atoms with Crippen LogP contribution in [0.1, 0.15) is 31.7 Å². The van der Waals surface area contributed by atoms with Gasteiger partial charge in [0.2, 0.25) is 0 Å². The van der Waals surface area contributed by atoms with Crippen molar-refractivity contribution in [2.45, 2.75) is 32.6 Å². The zero-order valence-electron chi connectivity index (χ0n) is 14.6. The molecule has 1 aromatic heterocycles. The molecule has 0 spiro atoms. The predicted octanol–water partition coefficient (Wildman–Crippen LogP) is 4.35. The van der Waals surface area contributed by atoms with Gasteiger partial charge in [0, 0.05) is 30.8 Å². The van der Waals surface area contributed by atoms with Crippen LogP contribution in [0.5, 0.6) is 0 Å². The second-order valence-electron chi connectivity index (χ2n) is 6.91. The minimum absolute atomic E-state index is 0.174. The topological polar surface area (TPSA) is 49.0 Å². The SMILES string of the molecule is CC(=O)Cc1ccc2nc(-c3ccc(N4CCCCC4)cc3)[nH]c2c1. The van der Waals surface area contributed by atoms with Crippen LogP contribution in [0.25, 0.3) is 22.4 Å². The highest BCUT2D eigenvalue weighted by atomic mass is 16.1. The van der Waals surface area contributed by atoms with E-state index in [9.17, 15) is 4.79 Å². The Morgan fingerprint density at radius 1 is 1.08 bits per heavy atom. The molecule has 1 fully saturated rings. The maximum atomic E-state index is 11.3. The highest BCUT2D eigenvalue weighted by Gasteiger charge is 2.12. The second kappa shape index (κ2) is 6.71. The summed E-state index contributed by atoms with van der Waals surface area (Å²) in [5.41, 5.74) is 5.32. The zero-order valence-corrected chi connectivity index (χ0v) is 14.6. The molecule has 0 atom stereocenters. The lowest BCUT2D eigenvalue weighted by atomic mass is 10.1. The van der Waals surface area contributed by atoms with E-state index in [2.05, 4.69) is 34.1 Å². The monoisotopic (exact) mass is 333 g/mol. The number of Topliss-reactive ketones (excluding diaryl/α,β-unsaturated/α-hetero) is 1. The van der Waals surface area contributed by atoms with Gasteiger partial charge in [-0.25, -0.2) is 4.98 Å². The number of carbonyl (C=O) groups excluding carboxylic acids is 1. The molecule has 0 amide bonds. The van der Waals surface area contributed by atoms with Crippen LogP contribution < -0.4 is 4.90 Å². The molecule has 2 heterocycles. The Hall–Kier alpha value is -2.62. The average molecular weight is 333 g/mol. The first-order chi connectivity index (χ1) is 12.2. The third-order valence-electron chi connectivity index (χ3n) is 4.86. The number of fused-ring (bicyclic) bond motifs is 1. The molecule has 0 radical (unpaired) electrons. The van der Waals surface area contributed by atoms with Crippen molar-refractivity contribution in [2.75, 3.05) is 18.0 Å². The van der Waals surface area contributed by atoms with Gasteiger partial charge in [-0.15, -0.1) is 0 Å². The summed E-state index contributed by atoms with van der Waals surface area (Å²) in [7, 11) is 0. The quantitative estimate of drug-likeness (QED) is 0.772. The van der Waals surface area contributed by atoms with Crippen LogP contribution in [0.3, 0.4) is 0 Å². The van der Waals surface area contributed by atoms with Gasteiger partial charge < -0.3 is 9.88 Å². The van der Waals surface area contributed by atoms with E-state index in [0.29, 0.717) is 6.42 Å². The summed E-state index contributed by atoms with van der Waals surface area (Å²) in [5.74, 6) is 1.05. The Balaban J connectivity index is 1.59. The average Bonchev–Trinajstić information content (AvgIpc) is 3.05. The van der Waals surface area contributed by atoms with Crippen molar-refractivity contribution in [1.82, 2.24) is 9.97 Å². The number of benzene rings is 2. The second-order valence-corrected chi connectivity index (χ2v) is 6.91.